The smallest absolute Gasteiger partial charge is 0.115 e. The van der Waals surface area contributed by atoms with Crippen LogP contribution in [0.1, 0.15) is 17.2 Å². The zero-order valence-electron chi connectivity index (χ0n) is 9.77. The van der Waals surface area contributed by atoms with E-state index in [4.69, 9.17) is 5.26 Å². The SMILES string of the molecule is N#Cc1cnn(C2CN(Cc3cncnc3)C2)c1. The van der Waals surface area contributed by atoms with Crippen molar-refractivity contribution >= 4 is 0 Å². The predicted octanol–water partition coefficient (Wildman–Crippen LogP) is 0.602. The summed E-state index contributed by atoms with van der Waals surface area (Å²) >= 11 is 0. The lowest BCUT2D eigenvalue weighted by Crippen LogP contribution is -2.47. The summed E-state index contributed by atoms with van der Waals surface area (Å²) in [5.41, 5.74) is 1.74. The van der Waals surface area contributed by atoms with Crippen LogP contribution in [0.15, 0.2) is 31.1 Å². The minimum absolute atomic E-state index is 0.372. The number of nitriles is 1. The van der Waals surface area contributed by atoms with Gasteiger partial charge in [0.15, 0.2) is 0 Å². The van der Waals surface area contributed by atoms with Gasteiger partial charge in [0.2, 0.25) is 0 Å². The lowest BCUT2D eigenvalue weighted by molar-refractivity contribution is 0.0907. The summed E-state index contributed by atoms with van der Waals surface area (Å²) in [6, 6.07) is 2.46. The van der Waals surface area contributed by atoms with Gasteiger partial charge in [-0.3, -0.25) is 9.58 Å². The second-order valence-electron chi connectivity index (χ2n) is 4.42. The third kappa shape index (κ3) is 2.08. The van der Waals surface area contributed by atoms with E-state index >= 15 is 0 Å². The molecule has 2 aromatic rings. The second-order valence-corrected chi connectivity index (χ2v) is 4.42. The standard InChI is InChI=1S/C12H12N6/c13-1-10-4-16-18(6-10)12-7-17(8-12)5-11-2-14-9-15-3-11/h2-4,6,9,12H,5,7-8H2. The molecule has 0 unspecified atom stereocenters. The number of nitrogens with zero attached hydrogens (tertiary/aromatic N) is 6. The molecule has 1 fully saturated rings. The highest BCUT2D eigenvalue weighted by Gasteiger charge is 2.28. The van der Waals surface area contributed by atoms with Crippen molar-refractivity contribution in [1.82, 2.24) is 24.6 Å². The molecule has 0 spiro atoms. The fourth-order valence-electron chi connectivity index (χ4n) is 2.10. The first-order chi connectivity index (χ1) is 8.85. The van der Waals surface area contributed by atoms with E-state index in [-0.39, 0.29) is 0 Å². The van der Waals surface area contributed by atoms with Crippen LogP contribution in [0.25, 0.3) is 0 Å². The Labute approximate surface area is 105 Å². The molecule has 1 aliphatic heterocycles. The highest BCUT2D eigenvalue weighted by Crippen LogP contribution is 2.22. The minimum Gasteiger partial charge on any atom is -0.295 e. The van der Waals surface area contributed by atoms with E-state index in [1.807, 2.05) is 17.1 Å². The lowest BCUT2D eigenvalue weighted by Gasteiger charge is -2.39. The van der Waals surface area contributed by atoms with Crippen molar-refractivity contribution in [1.29, 1.82) is 5.26 Å². The van der Waals surface area contributed by atoms with Crippen LogP contribution in [-0.2, 0) is 6.54 Å². The summed E-state index contributed by atoms with van der Waals surface area (Å²) in [4.78, 5) is 10.3. The fourth-order valence-corrected chi connectivity index (χ4v) is 2.10. The van der Waals surface area contributed by atoms with Crippen molar-refractivity contribution in [3.8, 4) is 6.07 Å². The highest BCUT2D eigenvalue weighted by molar-refractivity contribution is 5.22. The van der Waals surface area contributed by atoms with Crippen LogP contribution < -0.4 is 0 Å². The van der Waals surface area contributed by atoms with Crippen molar-refractivity contribution in [2.75, 3.05) is 13.1 Å². The Bertz CT molecular complexity index is 564. The van der Waals surface area contributed by atoms with Crippen LogP contribution in [-0.4, -0.2) is 37.7 Å². The van der Waals surface area contributed by atoms with E-state index < -0.39 is 0 Å². The number of aromatic nitrogens is 4. The van der Waals surface area contributed by atoms with Gasteiger partial charge in [0.25, 0.3) is 0 Å². The van der Waals surface area contributed by atoms with E-state index in [0.717, 1.165) is 25.2 Å². The van der Waals surface area contributed by atoms with Crippen LogP contribution in [0.3, 0.4) is 0 Å². The summed E-state index contributed by atoms with van der Waals surface area (Å²) in [5.74, 6) is 0. The molecule has 6 heteroatoms. The Morgan fingerprint density at radius 2 is 2.06 bits per heavy atom. The molecule has 6 nitrogen and oxygen atoms in total. The van der Waals surface area contributed by atoms with Gasteiger partial charge in [0, 0.05) is 43.8 Å². The number of hydrogen-bond donors (Lipinski definition) is 0. The lowest BCUT2D eigenvalue weighted by atomic mass is 10.1. The average Bonchev–Trinajstić information content (AvgIpc) is 2.83. The number of rotatable bonds is 3. The summed E-state index contributed by atoms with van der Waals surface area (Å²) in [7, 11) is 0. The molecule has 3 rings (SSSR count). The molecule has 0 amide bonds. The van der Waals surface area contributed by atoms with Gasteiger partial charge in [-0.25, -0.2) is 9.97 Å². The zero-order chi connectivity index (χ0) is 12.4. The third-order valence-electron chi connectivity index (χ3n) is 3.06. The Balaban J connectivity index is 1.56. The highest BCUT2D eigenvalue weighted by atomic mass is 15.4. The van der Waals surface area contributed by atoms with E-state index in [2.05, 4.69) is 26.0 Å². The van der Waals surface area contributed by atoms with Gasteiger partial charge in [-0.15, -0.1) is 0 Å². The maximum Gasteiger partial charge on any atom is 0.115 e. The second kappa shape index (κ2) is 4.55. The van der Waals surface area contributed by atoms with Gasteiger partial charge < -0.3 is 0 Å². The molecule has 1 saturated heterocycles. The summed E-state index contributed by atoms with van der Waals surface area (Å²) in [6.07, 6.45) is 8.61. The minimum atomic E-state index is 0.372. The van der Waals surface area contributed by atoms with Gasteiger partial charge in [-0.05, 0) is 0 Å². The molecule has 0 saturated carbocycles. The van der Waals surface area contributed by atoms with Gasteiger partial charge in [0.1, 0.15) is 12.4 Å². The first-order valence-corrected chi connectivity index (χ1v) is 5.75. The average molecular weight is 240 g/mol. The largest absolute Gasteiger partial charge is 0.295 e. The Morgan fingerprint density at radius 3 is 2.72 bits per heavy atom. The molecule has 0 radical (unpaired) electrons. The quantitative estimate of drug-likeness (QED) is 0.785. The van der Waals surface area contributed by atoms with Gasteiger partial charge >= 0.3 is 0 Å². The van der Waals surface area contributed by atoms with Crippen LogP contribution in [0.2, 0.25) is 0 Å². The van der Waals surface area contributed by atoms with Gasteiger partial charge in [-0.2, -0.15) is 10.4 Å². The van der Waals surface area contributed by atoms with Gasteiger partial charge in [0.05, 0.1) is 17.8 Å². The van der Waals surface area contributed by atoms with Crippen molar-refractivity contribution in [3.05, 3.63) is 42.2 Å². The van der Waals surface area contributed by atoms with Crippen molar-refractivity contribution in [3.63, 3.8) is 0 Å². The zero-order valence-corrected chi connectivity index (χ0v) is 9.77. The summed E-state index contributed by atoms with van der Waals surface area (Å²) in [5, 5.41) is 12.9. The van der Waals surface area contributed by atoms with Crippen molar-refractivity contribution < 1.29 is 0 Å². The fraction of sp³-hybridized carbons (Fsp3) is 0.333. The molecule has 3 heterocycles. The Hall–Kier alpha value is -2.26. The molecular weight excluding hydrogens is 228 g/mol. The number of likely N-dealkylation sites (tertiary alicyclic amines) is 1. The van der Waals surface area contributed by atoms with E-state index in [0.29, 0.717) is 11.6 Å². The Kier molecular flexibility index (Phi) is 2.74. The van der Waals surface area contributed by atoms with Gasteiger partial charge in [-0.1, -0.05) is 0 Å². The molecule has 2 aromatic heterocycles. The maximum atomic E-state index is 8.74. The molecule has 0 atom stereocenters. The molecule has 90 valence electrons. The maximum absolute atomic E-state index is 8.74. The van der Waals surface area contributed by atoms with Crippen LogP contribution >= 0.6 is 0 Å². The van der Waals surface area contributed by atoms with E-state index in [1.54, 1.807) is 12.4 Å². The topological polar surface area (TPSA) is 70.6 Å². The van der Waals surface area contributed by atoms with Crippen molar-refractivity contribution in [2.45, 2.75) is 12.6 Å². The van der Waals surface area contributed by atoms with Crippen LogP contribution in [0.4, 0.5) is 0 Å². The predicted molar refractivity (Wildman–Crippen MR) is 63.3 cm³/mol. The molecular formula is C12H12N6. The van der Waals surface area contributed by atoms with E-state index in [9.17, 15) is 0 Å². The molecule has 0 aromatic carbocycles. The Morgan fingerprint density at radius 1 is 1.28 bits per heavy atom. The molecule has 0 bridgehead atoms. The first kappa shape index (κ1) is 10.9. The van der Waals surface area contributed by atoms with Crippen LogP contribution in [0, 0.1) is 11.3 Å². The normalized spacial score (nSPS) is 16.2. The summed E-state index contributed by atoms with van der Waals surface area (Å²) in [6.45, 7) is 2.76. The number of hydrogen-bond acceptors (Lipinski definition) is 5. The molecule has 1 aliphatic rings. The van der Waals surface area contributed by atoms with Crippen LogP contribution in [0.5, 0.6) is 0 Å². The molecule has 0 N–H and O–H groups in total. The molecule has 0 aliphatic carbocycles. The van der Waals surface area contributed by atoms with Crippen molar-refractivity contribution in [2.24, 2.45) is 0 Å². The third-order valence-corrected chi connectivity index (χ3v) is 3.06. The van der Waals surface area contributed by atoms with E-state index in [1.165, 1.54) is 6.33 Å². The first-order valence-electron chi connectivity index (χ1n) is 5.75. The monoisotopic (exact) mass is 240 g/mol. The molecule has 18 heavy (non-hydrogen) atoms. The summed E-state index contributed by atoms with van der Waals surface area (Å²) < 4.78 is 1.87.